The monoisotopic (exact) mass is 205 g/mol. The van der Waals surface area contributed by atoms with E-state index in [1.54, 1.807) is 0 Å². The Labute approximate surface area is 94.1 Å². The average molecular weight is 205 g/mol. The lowest BCUT2D eigenvalue weighted by Gasteiger charge is -2.23. The van der Waals surface area contributed by atoms with Crippen LogP contribution in [0, 0.1) is 5.92 Å². The summed E-state index contributed by atoms with van der Waals surface area (Å²) in [5.41, 5.74) is 1.48. The van der Waals surface area contributed by atoms with E-state index < -0.39 is 0 Å². The molecule has 0 amide bonds. The summed E-state index contributed by atoms with van der Waals surface area (Å²) in [6.45, 7) is 5.79. The summed E-state index contributed by atoms with van der Waals surface area (Å²) in [6, 6.07) is 10.9. The maximum atomic E-state index is 2.31. The van der Waals surface area contributed by atoms with Crippen LogP contribution < -0.4 is 0 Å². The van der Waals surface area contributed by atoms with Gasteiger partial charge in [-0.3, -0.25) is 0 Å². The highest BCUT2D eigenvalue weighted by Crippen LogP contribution is 2.27. The first-order chi connectivity index (χ1) is 7.11. The van der Waals surface area contributed by atoms with Gasteiger partial charge >= 0.3 is 0 Å². The minimum Gasteiger partial charge on any atom is -0.309 e. The normalized spacial score (nSPS) is 13.5. The molecule has 0 heterocycles. The molecule has 15 heavy (non-hydrogen) atoms. The van der Waals surface area contributed by atoms with E-state index in [0.717, 1.165) is 6.54 Å². The molecule has 1 aromatic carbocycles. The van der Waals surface area contributed by atoms with E-state index >= 15 is 0 Å². The van der Waals surface area contributed by atoms with Gasteiger partial charge in [-0.05, 0) is 44.5 Å². The van der Waals surface area contributed by atoms with Crippen LogP contribution in [0.1, 0.15) is 31.7 Å². The molecule has 0 aliphatic heterocycles. The first-order valence-electron chi connectivity index (χ1n) is 5.81. The van der Waals surface area contributed by atoms with Crippen molar-refractivity contribution in [2.75, 3.05) is 20.6 Å². The van der Waals surface area contributed by atoms with Crippen molar-refractivity contribution in [2.24, 2.45) is 5.92 Å². The lowest BCUT2D eigenvalue weighted by atomic mass is 9.86. The van der Waals surface area contributed by atoms with Crippen molar-refractivity contribution >= 4 is 0 Å². The Bertz CT molecular complexity index is 264. The fourth-order valence-electron chi connectivity index (χ4n) is 1.98. The van der Waals surface area contributed by atoms with E-state index in [-0.39, 0.29) is 0 Å². The summed E-state index contributed by atoms with van der Waals surface area (Å²) in [7, 11) is 4.28. The predicted molar refractivity (Wildman–Crippen MR) is 67.2 cm³/mol. The number of hydrogen-bond acceptors (Lipinski definition) is 1. The van der Waals surface area contributed by atoms with Gasteiger partial charge in [-0.25, -0.2) is 0 Å². The maximum Gasteiger partial charge on any atom is -0.00189 e. The molecule has 0 fully saturated rings. The molecule has 1 atom stereocenters. The number of benzene rings is 1. The predicted octanol–water partition coefficient (Wildman–Crippen LogP) is 3.38. The number of rotatable bonds is 5. The summed E-state index contributed by atoms with van der Waals surface area (Å²) < 4.78 is 0. The molecule has 0 radical (unpaired) electrons. The Hall–Kier alpha value is -0.820. The highest BCUT2D eigenvalue weighted by atomic mass is 15.0. The van der Waals surface area contributed by atoms with Gasteiger partial charge in [-0.2, -0.15) is 0 Å². The van der Waals surface area contributed by atoms with Gasteiger partial charge in [0, 0.05) is 0 Å². The van der Waals surface area contributed by atoms with Crippen molar-refractivity contribution in [3.8, 4) is 0 Å². The van der Waals surface area contributed by atoms with E-state index in [4.69, 9.17) is 0 Å². The van der Waals surface area contributed by atoms with E-state index in [0.29, 0.717) is 11.8 Å². The summed E-state index contributed by atoms with van der Waals surface area (Å²) in [4.78, 5) is 2.26. The Kier molecular flexibility index (Phi) is 4.83. The van der Waals surface area contributed by atoms with Gasteiger partial charge in [0.25, 0.3) is 0 Å². The smallest absolute Gasteiger partial charge is 0.00189 e. The molecule has 0 N–H and O–H groups in total. The van der Waals surface area contributed by atoms with Gasteiger partial charge in [-0.1, -0.05) is 44.2 Å². The van der Waals surface area contributed by atoms with Crippen molar-refractivity contribution in [3.05, 3.63) is 35.9 Å². The Morgan fingerprint density at radius 2 is 1.67 bits per heavy atom. The van der Waals surface area contributed by atoms with Gasteiger partial charge in [0.2, 0.25) is 0 Å². The van der Waals surface area contributed by atoms with Crippen LogP contribution in [-0.4, -0.2) is 25.5 Å². The standard InChI is InChI=1S/C14H23N/c1-12(2)14(10-11-15(3)4)13-8-6-5-7-9-13/h5-9,12,14H,10-11H2,1-4H3/t14-/m1/s1. The number of hydrogen-bond donors (Lipinski definition) is 0. The SMILES string of the molecule is CC(C)[C@@H](CCN(C)C)c1ccccc1. The Morgan fingerprint density at radius 3 is 2.13 bits per heavy atom. The summed E-state index contributed by atoms with van der Waals surface area (Å²) in [6.07, 6.45) is 1.24. The van der Waals surface area contributed by atoms with Gasteiger partial charge in [0.05, 0.1) is 0 Å². The molecule has 0 aliphatic rings. The first kappa shape index (κ1) is 12.3. The lowest BCUT2D eigenvalue weighted by Crippen LogP contribution is -2.18. The molecule has 0 bridgehead atoms. The Morgan fingerprint density at radius 1 is 1.07 bits per heavy atom. The van der Waals surface area contributed by atoms with Gasteiger partial charge in [0.1, 0.15) is 0 Å². The minimum absolute atomic E-state index is 0.689. The third kappa shape index (κ3) is 4.05. The van der Waals surface area contributed by atoms with Crippen LogP contribution in [0.5, 0.6) is 0 Å². The zero-order valence-electron chi connectivity index (χ0n) is 10.4. The molecule has 1 nitrogen and oxygen atoms in total. The molecule has 1 aromatic rings. The molecule has 0 saturated carbocycles. The van der Waals surface area contributed by atoms with Crippen LogP contribution in [0.15, 0.2) is 30.3 Å². The van der Waals surface area contributed by atoms with Crippen LogP contribution in [0.25, 0.3) is 0 Å². The average Bonchev–Trinajstić information content (AvgIpc) is 2.18. The summed E-state index contributed by atoms with van der Waals surface area (Å²) in [5.74, 6) is 1.40. The lowest BCUT2D eigenvalue weighted by molar-refractivity contribution is 0.352. The van der Waals surface area contributed by atoms with Gasteiger partial charge in [-0.15, -0.1) is 0 Å². The molecule has 0 aromatic heterocycles. The van der Waals surface area contributed by atoms with Crippen LogP contribution >= 0.6 is 0 Å². The van der Waals surface area contributed by atoms with E-state index in [2.05, 4.69) is 63.2 Å². The molecule has 1 heteroatoms. The van der Waals surface area contributed by atoms with Crippen molar-refractivity contribution in [1.82, 2.24) is 4.90 Å². The molecule has 1 rings (SSSR count). The van der Waals surface area contributed by atoms with E-state index in [9.17, 15) is 0 Å². The highest BCUT2D eigenvalue weighted by Gasteiger charge is 2.15. The quantitative estimate of drug-likeness (QED) is 0.712. The zero-order valence-corrected chi connectivity index (χ0v) is 10.4. The molecular weight excluding hydrogens is 182 g/mol. The van der Waals surface area contributed by atoms with Crippen molar-refractivity contribution in [1.29, 1.82) is 0 Å². The van der Waals surface area contributed by atoms with E-state index in [1.165, 1.54) is 12.0 Å². The topological polar surface area (TPSA) is 3.24 Å². The van der Waals surface area contributed by atoms with Gasteiger partial charge in [0.15, 0.2) is 0 Å². The number of nitrogens with zero attached hydrogens (tertiary/aromatic N) is 1. The first-order valence-corrected chi connectivity index (χ1v) is 5.81. The maximum absolute atomic E-state index is 2.31. The second-order valence-corrected chi connectivity index (χ2v) is 4.85. The fraction of sp³-hybridized carbons (Fsp3) is 0.571. The highest BCUT2D eigenvalue weighted by molar-refractivity contribution is 5.19. The second kappa shape index (κ2) is 5.92. The molecule has 0 unspecified atom stereocenters. The minimum atomic E-state index is 0.689. The third-order valence-corrected chi connectivity index (χ3v) is 2.92. The van der Waals surface area contributed by atoms with Crippen LogP contribution in [0.2, 0.25) is 0 Å². The molecular formula is C14H23N. The third-order valence-electron chi connectivity index (χ3n) is 2.92. The van der Waals surface area contributed by atoms with Crippen LogP contribution in [0.3, 0.4) is 0 Å². The van der Waals surface area contributed by atoms with Crippen molar-refractivity contribution < 1.29 is 0 Å². The molecule has 0 spiro atoms. The van der Waals surface area contributed by atoms with Crippen molar-refractivity contribution in [2.45, 2.75) is 26.2 Å². The summed E-state index contributed by atoms with van der Waals surface area (Å²) in [5, 5.41) is 0. The Balaban J connectivity index is 2.66. The van der Waals surface area contributed by atoms with Crippen molar-refractivity contribution in [3.63, 3.8) is 0 Å². The second-order valence-electron chi connectivity index (χ2n) is 4.85. The zero-order chi connectivity index (χ0) is 11.3. The molecule has 0 saturated heterocycles. The summed E-state index contributed by atoms with van der Waals surface area (Å²) >= 11 is 0. The molecule has 84 valence electrons. The van der Waals surface area contributed by atoms with Crippen LogP contribution in [-0.2, 0) is 0 Å². The van der Waals surface area contributed by atoms with Crippen LogP contribution in [0.4, 0.5) is 0 Å². The van der Waals surface area contributed by atoms with Gasteiger partial charge < -0.3 is 4.90 Å². The fourth-order valence-corrected chi connectivity index (χ4v) is 1.98. The molecule has 0 aliphatic carbocycles. The van der Waals surface area contributed by atoms with E-state index in [1.807, 2.05) is 0 Å². The largest absolute Gasteiger partial charge is 0.309 e.